The Bertz CT molecular complexity index is 329. The molecule has 0 fully saturated rings. The predicted molar refractivity (Wildman–Crippen MR) is 67.3 cm³/mol. The van der Waals surface area contributed by atoms with Gasteiger partial charge in [0.1, 0.15) is 0 Å². The first-order valence-electron chi connectivity index (χ1n) is 5.33. The quantitative estimate of drug-likeness (QED) is 0.798. The molecule has 90 valence electrons. The van der Waals surface area contributed by atoms with Crippen molar-refractivity contribution in [2.24, 2.45) is 0 Å². The highest BCUT2D eigenvalue weighted by atomic mass is 35.5. The van der Waals surface area contributed by atoms with E-state index in [2.05, 4.69) is 0 Å². The van der Waals surface area contributed by atoms with Gasteiger partial charge in [0.15, 0.2) is 0 Å². The number of hydrogen-bond acceptors (Lipinski definition) is 2. The summed E-state index contributed by atoms with van der Waals surface area (Å²) in [6.07, 6.45) is 0.871. The molecule has 0 saturated heterocycles. The normalized spacial score (nSPS) is 12.8. The van der Waals surface area contributed by atoms with Crippen molar-refractivity contribution in [2.75, 3.05) is 13.2 Å². The average Bonchev–Trinajstić information content (AvgIpc) is 2.25. The molecular formula is C12H16Cl2O2. The molecule has 16 heavy (non-hydrogen) atoms. The lowest BCUT2D eigenvalue weighted by molar-refractivity contribution is 0.0374. The fourth-order valence-corrected chi connectivity index (χ4v) is 1.78. The third-order valence-corrected chi connectivity index (χ3v) is 3.00. The van der Waals surface area contributed by atoms with Crippen molar-refractivity contribution in [1.82, 2.24) is 0 Å². The van der Waals surface area contributed by atoms with Crippen molar-refractivity contribution in [3.63, 3.8) is 0 Å². The summed E-state index contributed by atoms with van der Waals surface area (Å²) < 4.78 is 5.26. The summed E-state index contributed by atoms with van der Waals surface area (Å²) in [7, 11) is 0. The van der Waals surface area contributed by atoms with Crippen LogP contribution in [-0.2, 0) is 11.2 Å². The zero-order valence-corrected chi connectivity index (χ0v) is 10.8. The Kier molecular flexibility index (Phi) is 6.14. The molecule has 0 saturated carbocycles. The summed E-state index contributed by atoms with van der Waals surface area (Å²) in [5.41, 5.74) is 0.849. The van der Waals surface area contributed by atoms with Gasteiger partial charge in [0.05, 0.1) is 22.8 Å². The van der Waals surface area contributed by atoms with Crippen LogP contribution in [0, 0.1) is 0 Å². The lowest BCUT2D eigenvalue weighted by Crippen LogP contribution is -2.18. The lowest BCUT2D eigenvalue weighted by Gasteiger charge is -2.12. The fraction of sp³-hybridized carbons (Fsp3) is 0.500. The van der Waals surface area contributed by atoms with E-state index in [-0.39, 0.29) is 0 Å². The van der Waals surface area contributed by atoms with Crippen LogP contribution in [0.25, 0.3) is 0 Å². The van der Waals surface area contributed by atoms with Gasteiger partial charge in [-0.3, -0.25) is 0 Å². The van der Waals surface area contributed by atoms with Crippen LogP contribution < -0.4 is 0 Å². The van der Waals surface area contributed by atoms with Crippen molar-refractivity contribution >= 4 is 23.2 Å². The minimum Gasteiger partial charge on any atom is -0.390 e. The molecule has 0 radical (unpaired) electrons. The molecule has 0 amide bonds. The summed E-state index contributed by atoms with van der Waals surface area (Å²) in [6.45, 7) is 3.03. The molecule has 2 nitrogen and oxygen atoms in total. The highest BCUT2D eigenvalue weighted by Crippen LogP contribution is 2.26. The molecule has 1 rings (SSSR count). The van der Waals surface area contributed by atoms with Crippen LogP contribution in [0.15, 0.2) is 18.2 Å². The topological polar surface area (TPSA) is 29.5 Å². The third kappa shape index (κ3) is 4.30. The van der Waals surface area contributed by atoms with Crippen molar-refractivity contribution in [3.05, 3.63) is 33.8 Å². The van der Waals surface area contributed by atoms with Crippen LogP contribution in [0.3, 0.4) is 0 Å². The Morgan fingerprint density at radius 3 is 2.81 bits per heavy atom. The zero-order chi connectivity index (χ0) is 12.0. The first-order valence-corrected chi connectivity index (χ1v) is 6.09. The molecule has 1 aromatic rings. The molecule has 0 spiro atoms. The van der Waals surface area contributed by atoms with Gasteiger partial charge in [-0.2, -0.15) is 0 Å². The molecule has 0 aliphatic rings. The van der Waals surface area contributed by atoms with Crippen LogP contribution in [0.1, 0.15) is 18.9 Å². The second-order valence-electron chi connectivity index (χ2n) is 3.65. The first-order chi connectivity index (χ1) is 7.65. The van der Waals surface area contributed by atoms with E-state index in [1.807, 2.05) is 19.1 Å². The van der Waals surface area contributed by atoms with Crippen LogP contribution in [0.5, 0.6) is 0 Å². The number of aliphatic hydroxyl groups is 1. The van der Waals surface area contributed by atoms with Gasteiger partial charge < -0.3 is 9.84 Å². The molecule has 0 aliphatic carbocycles. The number of hydrogen-bond donors (Lipinski definition) is 1. The Morgan fingerprint density at radius 2 is 2.12 bits per heavy atom. The Hall–Kier alpha value is -0.280. The largest absolute Gasteiger partial charge is 0.390 e. The summed E-state index contributed by atoms with van der Waals surface area (Å²) >= 11 is 11.9. The van der Waals surface area contributed by atoms with Crippen LogP contribution in [0.4, 0.5) is 0 Å². The Morgan fingerprint density at radius 1 is 1.38 bits per heavy atom. The van der Waals surface area contributed by atoms with E-state index in [1.54, 1.807) is 6.07 Å². The average molecular weight is 263 g/mol. The van der Waals surface area contributed by atoms with Gasteiger partial charge in [-0.1, -0.05) is 42.3 Å². The molecule has 0 heterocycles. The van der Waals surface area contributed by atoms with Gasteiger partial charge in [-0.25, -0.2) is 0 Å². The molecule has 1 N–H and O–H groups in total. The van der Waals surface area contributed by atoms with Gasteiger partial charge in [-0.15, -0.1) is 0 Å². The minimum atomic E-state index is -0.539. The summed E-state index contributed by atoms with van der Waals surface area (Å²) in [5.74, 6) is 0. The monoisotopic (exact) mass is 262 g/mol. The molecule has 0 aliphatic heterocycles. The molecular weight excluding hydrogens is 247 g/mol. The van der Waals surface area contributed by atoms with E-state index in [0.717, 1.165) is 12.0 Å². The predicted octanol–water partition coefficient (Wildman–Crippen LogP) is 3.32. The zero-order valence-electron chi connectivity index (χ0n) is 9.25. The van der Waals surface area contributed by atoms with Crippen molar-refractivity contribution < 1.29 is 9.84 Å². The summed E-state index contributed by atoms with van der Waals surface area (Å²) in [4.78, 5) is 0. The molecule has 1 aromatic carbocycles. The van der Waals surface area contributed by atoms with Crippen molar-refractivity contribution in [1.29, 1.82) is 0 Å². The van der Waals surface area contributed by atoms with Crippen molar-refractivity contribution in [2.45, 2.75) is 25.9 Å². The molecule has 1 unspecified atom stereocenters. The van der Waals surface area contributed by atoms with Gasteiger partial charge >= 0.3 is 0 Å². The van der Waals surface area contributed by atoms with E-state index < -0.39 is 6.10 Å². The second kappa shape index (κ2) is 7.13. The Balaban J connectivity index is 2.49. The summed E-state index contributed by atoms with van der Waals surface area (Å²) in [6, 6.07) is 5.41. The van der Waals surface area contributed by atoms with E-state index in [9.17, 15) is 5.11 Å². The smallest absolute Gasteiger partial charge is 0.0814 e. The number of aliphatic hydroxyl groups excluding tert-OH is 1. The van der Waals surface area contributed by atoms with Gasteiger partial charge in [-0.05, 0) is 18.1 Å². The second-order valence-corrected chi connectivity index (χ2v) is 4.43. The molecule has 4 heteroatoms. The lowest BCUT2D eigenvalue weighted by atomic mass is 10.1. The molecule has 1 atom stereocenters. The van der Waals surface area contributed by atoms with E-state index in [1.165, 1.54) is 0 Å². The van der Waals surface area contributed by atoms with E-state index >= 15 is 0 Å². The van der Waals surface area contributed by atoms with Crippen LogP contribution in [0.2, 0.25) is 10.0 Å². The number of benzene rings is 1. The number of ether oxygens (including phenoxy) is 1. The highest BCUT2D eigenvalue weighted by molar-refractivity contribution is 6.42. The summed E-state index contributed by atoms with van der Waals surface area (Å²) in [5, 5.41) is 10.7. The van der Waals surface area contributed by atoms with Gasteiger partial charge in [0.2, 0.25) is 0 Å². The van der Waals surface area contributed by atoms with Crippen LogP contribution >= 0.6 is 23.2 Å². The first kappa shape index (κ1) is 13.8. The molecule has 0 bridgehead atoms. The van der Waals surface area contributed by atoms with Crippen molar-refractivity contribution in [3.8, 4) is 0 Å². The van der Waals surface area contributed by atoms with E-state index in [4.69, 9.17) is 27.9 Å². The maximum Gasteiger partial charge on any atom is 0.0814 e. The Labute approximate surface area is 106 Å². The third-order valence-electron chi connectivity index (χ3n) is 2.15. The number of rotatable bonds is 6. The fourth-order valence-electron chi connectivity index (χ4n) is 1.38. The standard InChI is InChI=1S/C12H16Cl2O2/c1-2-6-16-8-10(15)7-9-4-3-5-11(13)12(9)14/h3-5,10,15H,2,6-8H2,1H3. The maximum atomic E-state index is 9.72. The molecule has 0 aromatic heterocycles. The van der Waals surface area contributed by atoms with Crippen LogP contribution in [-0.4, -0.2) is 24.4 Å². The van der Waals surface area contributed by atoms with Gasteiger partial charge in [0, 0.05) is 13.0 Å². The van der Waals surface area contributed by atoms with E-state index in [0.29, 0.717) is 29.7 Å². The maximum absolute atomic E-state index is 9.72. The SMILES string of the molecule is CCCOCC(O)Cc1cccc(Cl)c1Cl. The van der Waals surface area contributed by atoms with Gasteiger partial charge in [0.25, 0.3) is 0 Å². The number of halogens is 2. The highest BCUT2D eigenvalue weighted by Gasteiger charge is 2.10. The minimum absolute atomic E-state index is 0.330.